The molecule has 1 aromatic rings. The number of ether oxygens (including phenoxy) is 1. The highest BCUT2D eigenvalue weighted by Gasteiger charge is 2.09. The van der Waals surface area contributed by atoms with Gasteiger partial charge in [-0.25, -0.2) is 0 Å². The Morgan fingerprint density at radius 3 is 2.06 bits per heavy atom. The smallest absolute Gasteiger partial charge is 0.119 e. The molecule has 0 aliphatic heterocycles. The minimum atomic E-state index is 0.116. The van der Waals surface area contributed by atoms with Gasteiger partial charge in [-0.1, -0.05) is 26.0 Å². The normalized spacial score (nSPS) is 13.1. The summed E-state index contributed by atoms with van der Waals surface area (Å²) in [6.45, 7) is 8.51. The Morgan fingerprint density at radius 2 is 1.59 bits per heavy atom. The van der Waals surface area contributed by atoms with Crippen LogP contribution in [-0.4, -0.2) is 6.10 Å². The van der Waals surface area contributed by atoms with E-state index in [0.717, 1.165) is 12.2 Å². The first-order valence-electron chi connectivity index (χ1n) is 6.39. The average Bonchev–Trinajstić information content (AvgIpc) is 2.26. The summed E-state index contributed by atoms with van der Waals surface area (Å²) in [7, 11) is 0. The number of alkyl halides is 1. The zero-order valence-electron chi connectivity index (χ0n) is 11.2. The molecule has 0 radical (unpaired) electrons. The van der Waals surface area contributed by atoms with E-state index in [4.69, 9.17) is 16.3 Å². The summed E-state index contributed by atoms with van der Waals surface area (Å²) in [5.41, 5.74) is 1.18. The molecule has 17 heavy (non-hydrogen) atoms. The summed E-state index contributed by atoms with van der Waals surface area (Å²) in [6.07, 6.45) is 2.41. The van der Waals surface area contributed by atoms with Gasteiger partial charge in [-0.3, -0.25) is 0 Å². The molecule has 2 heteroatoms. The van der Waals surface area contributed by atoms with Gasteiger partial charge in [0.2, 0.25) is 0 Å². The summed E-state index contributed by atoms with van der Waals surface area (Å²) in [6, 6.07) is 8.13. The maximum absolute atomic E-state index is 6.37. The summed E-state index contributed by atoms with van der Waals surface area (Å²) >= 11 is 6.37. The number of halogens is 1. The van der Waals surface area contributed by atoms with Crippen molar-refractivity contribution in [3.05, 3.63) is 29.8 Å². The third-order valence-electron chi connectivity index (χ3n) is 2.61. The van der Waals surface area contributed by atoms with Gasteiger partial charge in [-0.15, -0.1) is 11.6 Å². The van der Waals surface area contributed by atoms with Gasteiger partial charge < -0.3 is 4.74 Å². The van der Waals surface area contributed by atoms with Gasteiger partial charge in [0.05, 0.1) is 11.5 Å². The standard InChI is InChI=1S/C15H23ClO/c1-11(2)5-10-15(16)13-6-8-14(9-7-13)17-12(3)4/h6-9,11-12,15H,5,10H2,1-4H3. The lowest BCUT2D eigenvalue weighted by atomic mass is 10.0. The second-order valence-corrected chi connectivity index (χ2v) is 5.70. The van der Waals surface area contributed by atoms with E-state index in [-0.39, 0.29) is 11.5 Å². The molecule has 0 saturated carbocycles. The van der Waals surface area contributed by atoms with Crippen LogP contribution in [0.1, 0.15) is 51.5 Å². The molecule has 96 valence electrons. The lowest BCUT2D eigenvalue weighted by Crippen LogP contribution is -2.05. The molecule has 1 aromatic carbocycles. The Bertz CT molecular complexity index is 316. The van der Waals surface area contributed by atoms with Gasteiger partial charge in [0.1, 0.15) is 5.75 Å². The molecule has 0 aliphatic carbocycles. The maximum Gasteiger partial charge on any atom is 0.119 e. The van der Waals surface area contributed by atoms with Crippen LogP contribution in [0.5, 0.6) is 5.75 Å². The van der Waals surface area contributed by atoms with E-state index >= 15 is 0 Å². The van der Waals surface area contributed by atoms with Crippen molar-refractivity contribution in [2.24, 2.45) is 5.92 Å². The highest BCUT2D eigenvalue weighted by molar-refractivity contribution is 6.20. The molecule has 0 fully saturated rings. The van der Waals surface area contributed by atoms with Crippen LogP contribution in [-0.2, 0) is 0 Å². The molecular formula is C15H23ClO. The van der Waals surface area contributed by atoms with Crippen molar-refractivity contribution >= 4 is 11.6 Å². The third-order valence-corrected chi connectivity index (χ3v) is 3.08. The molecule has 0 aromatic heterocycles. The van der Waals surface area contributed by atoms with E-state index in [1.807, 2.05) is 26.0 Å². The largest absolute Gasteiger partial charge is 0.491 e. The minimum absolute atomic E-state index is 0.116. The van der Waals surface area contributed by atoms with Crippen LogP contribution < -0.4 is 4.74 Å². The molecule has 1 atom stereocenters. The molecule has 0 aliphatic rings. The van der Waals surface area contributed by atoms with E-state index < -0.39 is 0 Å². The second-order valence-electron chi connectivity index (χ2n) is 5.17. The summed E-state index contributed by atoms with van der Waals surface area (Å²) in [5.74, 6) is 1.62. The topological polar surface area (TPSA) is 9.23 Å². The van der Waals surface area contributed by atoms with Gasteiger partial charge in [-0.05, 0) is 50.3 Å². The first-order valence-corrected chi connectivity index (χ1v) is 6.83. The van der Waals surface area contributed by atoms with Crippen LogP contribution in [0.15, 0.2) is 24.3 Å². The number of benzene rings is 1. The summed E-state index contributed by atoms with van der Waals surface area (Å²) < 4.78 is 5.60. The zero-order valence-corrected chi connectivity index (χ0v) is 12.0. The lowest BCUT2D eigenvalue weighted by Gasteiger charge is -2.13. The van der Waals surface area contributed by atoms with Crippen molar-refractivity contribution in [2.45, 2.75) is 52.0 Å². The van der Waals surface area contributed by atoms with E-state index in [2.05, 4.69) is 26.0 Å². The van der Waals surface area contributed by atoms with Crippen molar-refractivity contribution in [1.29, 1.82) is 0 Å². The Kier molecular flexibility index (Phi) is 5.84. The van der Waals surface area contributed by atoms with Crippen LogP contribution in [0.4, 0.5) is 0 Å². The van der Waals surface area contributed by atoms with Gasteiger partial charge in [-0.2, -0.15) is 0 Å². The molecule has 1 rings (SSSR count). The van der Waals surface area contributed by atoms with Crippen LogP contribution >= 0.6 is 11.6 Å². The fraction of sp³-hybridized carbons (Fsp3) is 0.600. The highest BCUT2D eigenvalue weighted by atomic mass is 35.5. The minimum Gasteiger partial charge on any atom is -0.491 e. The Balaban J connectivity index is 2.54. The molecule has 1 unspecified atom stereocenters. The molecule has 0 spiro atoms. The van der Waals surface area contributed by atoms with Gasteiger partial charge in [0.25, 0.3) is 0 Å². The maximum atomic E-state index is 6.37. The van der Waals surface area contributed by atoms with Crippen molar-refractivity contribution in [2.75, 3.05) is 0 Å². The fourth-order valence-corrected chi connectivity index (χ4v) is 1.95. The number of rotatable bonds is 6. The molecule has 0 bridgehead atoms. The van der Waals surface area contributed by atoms with E-state index in [1.165, 1.54) is 12.0 Å². The Hall–Kier alpha value is -0.690. The fourth-order valence-electron chi connectivity index (χ4n) is 1.67. The Morgan fingerprint density at radius 1 is 1.00 bits per heavy atom. The first kappa shape index (κ1) is 14.4. The predicted octanol–water partition coefficient (Wildman–Crippen LogP) is 5.19. The second kappa shape index (κ2) is 6.90. The van der Waals surface area contributed by atoms with E-state index in [0.29, 0.717) is 5.92 Å². The first-order chi connectivity index (χ1) is 7.99. The van der Waals surface area contributed by atoms with Crippen molar-refractivity contribution in [3.63, 3.8) is 0 Å². The summed E-state index contributed by atoms with van der Waals surface area (Å²) in [4.78, 5) is 0. The molecule has 0 amide bonds. The highest BCUT2D eigenvalue weighted by Crippen LogP contribution is 2.28. The van der Waals surface area contributed by atoms with Gasteiger partial charge in [0.15, 0.2) is 0 Å². The van der Waals surface area contributed by atoms with E-state index in [9.17, 15) is 0 Å². The molecule has 0 N–H and O–H groups in total. The quantitative estimate of drug-likeness (QED) is 0.635. The monoisotopic (exact) mass is 254 g/mol. The van der Waals surface area contributed by atoms with E-state index in [1.54, 1.807) is 0 Å². The van der Waals surface area contributed by atoms with Crippen LogP contribution in [0, 0.1) is 5.92 Å². The van der Waals surface area contributed by atoms with Crippen molar-refractivity contribution < 1.29 is 4.74 Å². The molecular weight excluding hydrogens is 232 g/mol. The Labute approximate surface area is 110 Å². The number of hydrogen-bond donors (Lipinski definition) is 0. The molecule has 1 nitrogen and oxygen atoms in total. The summed E-state index contributed by atoms with van der Waals surface area (Å²) in [5, 5.41) is 0.116. The van der Waals surface area contributed by atoms with Crippen molar-refractivity contribution in [1.82, 2.24) is 0 Å². The van der Waals surface area contributed by atoms with Crippen molar-refractivity contribution in [3.8, 4) is 5.75 Å². The number of hydrogen-bond acceptors (Lipinski definition) is 1. The predicted molar refractivity (Wildman–Crippen MR) is 74.9 cm³/mol. The SMILES string of the molecule is CC(C)CCC(Cl)c1ccc(OC(C)C)cc1. The third kappa shape index (κ3) is 5.45. The molecule has 0 saturated heterocycles. The van der Waals surface area contributed by atoms with Crippen LogP contribution in [0.2, 0.25) is 0 Å². The zero-order chi connectivity index (χ0) is 12.8. The van der Waals surface area contributed by atoms with Gasteiger partial charge in [0, 0.05) is 0 Å². The van der Waals surface area contributed by atoms with Crippen LogP contribution in [0.3, 0.4) is 0 Å². The average molecular weight is 255 g/mol. The lowest BCUT2D eigenvalue weighted by molar-refractivity contribution is 0.242. The van der Waals surface area contributed by atoms with Gasteiger partial charge >= 0.3 is 0 Å². The molecule has 0 heterocycles. The van der Waals surface area contributed by atoms with Crippen LogP contribution in [0.25, 0.3) is 0 Å².